The van der Waals surface area contributed by atoms with Gasteiger partial charge in [0.25, 0.3) is 13.6 Å². The number of phosphoric acid groups is 1. The summed E-state index contributed by atoms with van der Waals surface area (Å²) in [5.74, 6) is 0.543. The van der Waals surface area contributed by atoms with Crippen molar-refractivity contribution in [2.75, 3.05) is 12.3 Å². The van der Waals surface area contributed by atoms with Gasteiger partial charge in [-0.25, -0.2) is 13.9 Å². The summed E-state index contributed by atoms with van der Waals surface area (Å²) in [5, 5.41) is 4.41. The highest BCUT2D eigenvalue weighted by molar-refractivity contribution is 7.44. The molecule has 1 aromatic carbocycles. The van der Waals surface area contributed by atoms with Gasteiger partial charge in [-0.3, -0.25) is 14.8 Å². The first-order chi connectivity index (χ1) is 17.2. The first-order valence-corrected chi connectivity index (χ1v) is 12.5. The van der Waals surface area contributed by atoms with Gasteiger partial charge < -0.3 is 19.0 Å². The predicted molar refractivity (Wildman–Crippen MR) is 125 cm³/mol. The Balaban J connectivity index is 1.36. The minimum Gasteiger partial charge on any atom is -0.756 e. The van der Waals surface area contributed by atoms with Crippen LogP contribution in [0.1, 0.15) is 16.8 Å². The zero-order valence-electron chi connectivity index (χ0n) is 18.7. The summed E-state index contributed by atoms with van der Waals surface area (Å²) in [6.45, 7) is -0.279. The van der Waals surface area contributed by atoms with Crippen LogP contribution in [-0.2, 0) is 28.7 Å². The van der Waals surface area contributed by atoms with Gasteiger partial charge in [-0.05, 0) is 29.8 Å². The predicted octanol–water partition coefficient (Wildman–Crippen LogP) is 3.05. The number of phosphoric ester groups is 1. The monoisotopic (exact) mass is 534 g/mol. The average Bonchev–Trinajstić information content (AvgIpc) is 3.29. The molecule has 0 spiro atoms. The maximum absolute atomic E-state index is 13.9. The second-order valence-electron chi connectivity index (χ2n) is 7.67. The highest BCUT2D eigenvalue weighted by Gasteiger charge is 2.18. The van der Waals surface area contributed by atoms with Crippen molar-refractivity contribution in [1.82, 2.24) is 10.1 Å². The van der Waals surface area contributed by atoms with E-state index in [0.717, 1.165) is 5.56 Å². The lowest BCUT2D eigenvalue weighted by Crippen LogP contribution is -2.38. The molecule has 188 valence electrons. The van der Waals surface area contributed by atoms with Gasteiger partial charge in [0, 0.05) is 41.8 Å². The number of nitrogens with zero attached hydrogens (tertiary/aromatic N) is 3. The molecule has 10 nitrogen and oxygen atoms in total. The van der Waals surface area contributed by atoms with E-state index in [9.17, 15) is 13.8 Å². The van der Waals surface area contributed by atoms with Gasteiger partial charge in [0.1, 0.15) is 11.4 Å². The highest BCUT2D eigenvalue weighted by Crippen LogP contribution is 2.30. The SMILES string of the molecule is Nc1c(-c2cc(Cc3ccc(OCCc4c(F)cccc4Cl)nc3)no2)ccc[n+]1COP(=O)([O-])O. The molecule has 0 aliphatic heterocycles. The fourth-order valence-corrected chi connectivity index (χ4v) is 3.91. The van der Waals surface area contributed by atoms with E-state index in [-0.39, 0.29) is 18.2 Å². The largest absolute Gasteiger partial charge is 0.756 e. The van der Waals surface area contributed by atoms with Crippen LogP contribution in [0.5, 0.6) is 5.88 Å². The molecule has 3 heterocycles. The van der Waals surface area contributed by atoms with E-state index >= 15 is 0 Å². The third-order valence-corrected chi connectivity index (χ3v) is 5.94. The Labute approximate surface area is 210 Å². The molecule has 0 amide bonds. The van der Waals surface area contributed by atoms with Gasteiger partial charge in [-0.1, -0.05) is 28.9 Å². The number of nitrogens with two attached hydrogens (primary N) is 1. The van der Waals surface area contributed by atoms with Crippen molar-refractivity contribution >= 4 is 25.2 Å². The fourth-order valence-electron chi connectivity index (χ4n) is 3.38. The number of hydrogen-bond donors (Lipinski definition) is 2. The number of pyridine rings is 2. The number of anilines is 1. The zero-order valence-corrected chi connectivity index (χ0v) is 20.4. The Hall–Kier alpha value is -3.34. The lowest BCUT2D eigenvalue weighted by molar-refractivity contribution is -0.712. The van der Waals surface area contributed by atoms with Gasteiger partial charge in [0.2, 0.25) is 5.88 Å². The number of hydrogen-bond acceptors (Lipinski definition) is 8. The number of nitrogen functional groups attached to an aromatic ring is 1. The summed E-state index contributed by atoms with van der Waals surface area (Å²) < 4.78 is 41.4. The van der Waals surface area contributed by atoms with E-state index in [0.29, 0.717) is 46.3 Å². The number of aromatic nitrogens is 3. The molecular weight excluding hydrogens is 514 g/mol. The molecule has 0 bridgehead atoms. The molecule has 4 rings (SSSR count). The van der Waals surface area contributed by atoms with E-state index in [1.54, 1.807) is 42.6 Å². The Morgan fingerprint density at radius 3 is 2.81 bits per heavy atom. The van der Waals surface area contributed by atoms with Crippen molar-refractivity contribution in [2.45, 2.75) is 19.6 Å². The molecule has 0 fully saturated rings. The van der Waals surface area contributed by atoms with Crippen LogP contribution in [0.3, 0.4) is 0 Å². The third kappa shape index (κ3) is 6.66. The molecule has 0 saturated carbocycles. The zero-order chi connectivity index (χ0) is 25.7. The second-order valence-corrected chi connectivity index (χ2v) is 9.27. The minimum absolute atomic E-state index is 0.161. The Bertz CT molecular complexity index is 1380. The second kappa shape index (κ2) is 11.2. The summed E-state index contributed by atoms with van der Waals surface area (Å²) in [6, 6.07) is 13.1. The van der Waals surface area contributed by atoms with Crippen molar-refractivity contribution in [1.29, 1.82) is 0 Å². The van der Waals surface area contributed by atoms with E-state index in [4.69, 9.17) is 31.5 Å². The summed E-state index contributed by atoms with van der Waals surface area (Å²) in [7, 11) is -4.90. The molecule has 1 unspecified atom stereocenters. The third-order valence-electron chi connectivity index (χ3n) is 5.15. The lowest BCUT2D eigenvalue weighted by Gasteiger charge is -2.14. The van der Waals surface area contributed by atoms with Crippen LogP contribution < -0.4 is 19.9 Å². The average molecular weight is 535 g/mol. The molecule has 36 heavy (non-hydrogen) atoms. The molecular formula is C23H21ClFN4O6P. The van der Waals surface area contributed by atoms with Crippen molar-refractivity contribution in [3.63, 3.8) is 0 Å². The maximum Gasteiger partial charge on any atom is 0.285 e. The smallest absolute Gasteiger partial charge is 0.285 e. The number of ether oxygens (including phenoxy) is 1. The Kier molecular flexibility index (Phi) is 7.97. The van der Waals surface area contributed by atoms with Gasteiger partial charge in [-0.2, -0.15) is 0 Å². The van der Waals surface area contributed by atoms with Crippen LogP contribution in [0.25, 0.3) is 11.3 Å². The van der Waals surface area contributed by atoms with Crippen molar-refractivity contribution in [3.05, 3.63) is 88.6 Å². The molecule has 13 heteroatoms. The molecule has 0 saturated heterocycles. The van der Waals surface area contributed by atoms with E-state index < -0.39 is 14.6 Å². The number of rotatable bonds is 10. The van der Waals surface area contributed by atoms with Gasteiger partial charge >= 0.3 is 0 Å². The summed E-state index contributed by atoms with van der Waals surface area (Å²) in [4.78, 5) is 23.9. The van der Waals surface area contributed by atoms with E-state index in [1.165, 1.54) is 16.8 Å². The van der Waals surface area contributed by atoms with Crippen LogP contribution in [-0.4, -0.2) is 21.6 Å². The van der Waals surface area contributed by atoms with Crippen molar-refractivity contribution in [2.24, 2.45) is 0 Å². The van der Waals surface area contributed by atoms with E-state index in [2.05, 4.69) is 14.7 Å². The summed E-state index contributed by atoms with van der Waals surface area (Å²) >= 11 is 6.03. The molecule has 3 N–H and O–H groups in total. The standard InChI is InChI=1S/C23H21ClFN4O6P/c24-19-4-1-5-20(25)17(19)8-10-33-22-7-6-15(13-27-22)11-16-12-21(35-28-16)18-3-2-9-29(23(18)26)14-34-36(30,31)32/h1-7,9,12-13,26H,8,10-11,14H2,(H2,30,31,32). The molecule has 0 radical (unpaired) electrons. The topological polar surface area (TPSA) is 148 Å². The van der Waals surface area contributed by atoms with Crippen LogP contribution in [0.4, 0.5) is 10.2 Å². The van der Waals surface area contributed by atoms with Gasteiger partial charge in [-0.15, -0.1) is 0 Å². The van der Waals surface area contributed by atoms with E-state index in [1.807, 2.05) is 6.07 Å². The van der Waals surface area contributed by atoms with Crippen LogP contribution >= 0.6 is 19.4 Å². The number of halogens is 2. The molecule has 0 aliphatic rings. The van der Waals surface area contributed by atoms with Crippen LogP contribution in [0, 0.1) is 5.82 Å². The fraction of sp³-hybridized carbons (Fsp3) is 0.174. The Morgan fingerprint density at radius 2 is 2.08 bits per heavy atom. The van der Waals surface area contributed by atoms with Crippen LogP contribution in [0.15, 0.2) is 65.4 Å². The van der Waals surface area contributed by atoms with Gasteiger partial charge in [0.05, 0.1) is 18.5 Å². The Morgan fingerprint density at radius 1 is 1.25 bits per heavy atom. The molecule has 0 aliphatic carbocycles. The summed E-state index contributed by atoms with van der Waals surface area (Å²) in [6.07, 6.45) is 3.85. The molecule has 1 atom stereocenters. The maximum atomic E-state index is 13.9. The molecule has 3 aromatic heterocycles. The normalized spacial score (nSPS) is 12.9. The quantitative estimate of drug-likeness (QED) is 0.231. The minimum atomic E-state index is -4.90. The highest BCUT2D eigenvalue weighted by atomic mass is 35.5. The first kappa shape index (κ1) is 25.7. The van der Waals surface area contributed by atoms with Crippen molar-refractivity contribution < 1.29 is 37.1 Å². The number of benzene rings is 1. The van der Waals surface area contributed by atoms with Crippen LogP contribution in [0.2, 0.25) is 5.02 Å². The first-order valence-electron chi connectivity index (χ1n) is 10.6. The van der Waals surface area contributed by atoms with Gasteiger partial charge in [0.15, 0.2) is 12.5 Å². The summed E-state index contributed by atoms with van der Waals surface area (Å²) in [5.41, 5.74) is 8.41. The lowest BCUT2D eigenvalue weighted by atomic mass is 10.1. The molecule has 4 aromatic rings. The van der Waals surface area contributed by atoms with Crippen molar-refractivity contribution in [3.8, 4) is 17.2 Å².